The van der Waals surface area contributed by atoms with E-state index in [1.54, 1.807) is 0 Å². The third kappa shape index (κ3) is 5.78. The molecule has 0 bridgehead atoms. The number of thiocarbonyl (C=S) groups is 1. The van der Waals surface area contributed by atoms with Gasteiger partial charge in [-0.1, -0.05) is 70.2 Å². The van der Waals surface area contributed by atoms with Gasteiger partial charge in [-0.3, -0.25) is 0 Å². The van der Waals surface area contributed by atoms with E-state index in [4.69, 9.17) is 12.2 Å². The number of hydrogen-bond donors (Lipinski definition) is 1. The first-order valence-electron chi connectivity index (χ1n) is 9.89. The van der Waals surface area contributed by atoms with Crippen LogP contribution in [0.3, 0.4) is 0 Å². The number of allylic oxidation sites excluding steroid dienone is 1. The summed E-state index contributed by atoms with van der Waals surface area (Å²) in [5, 5.41) is 20.2. The predicted molar refractivity (Wildman–Crippen MR) is 122 cm³/mol. The maximum Gasteiger partial charge on any atom is 0.122 e. The summed E-state index contributed by atoms with van der Waals surface area (Å²) in [5.41, 5.74) is 4.56. The van der Waals surface area contributed by atoms with Crippen LogP contribution in [-0.2, 0) is 6.42 Å². The second-order valence-electron chi connectivity index (χ2n) is 7.79. The molecule has 2 aromatic rings. The van der Waals surface area contributed by atoms with Crippen LogP contribution >= 0.6 is 12.2 Å². The zero-order valence-corrected chi connectivity index (χ0v) is 18.0. The third-order valence-corrected chi connectivity index (χ3v) is 5.30. The van der Waals surface area contributed by atoms with Crippen molar-refractivity contribution in [1.29, 1.82) is 5.26 Å². The Kier molecular flexibility index (Phi) is 7.96. The lowest BCUT2D eigenvalue weighted by Crippen LogP contribution is -2.01. The maximum absolute atomic E-state index is 10.6. The van der Waals surface area contributed by atoms with Crippen molar-refractivity contribution in [1.82, 2.24) is 0 Å². The maximum atomic E-state index is 10.6. The van der Waals surface area contributed by atoms with Crippen molar-refractivity contribution in [2.45, 2.75) is 58.8 Å². The molecule has 0 fully saturated rings. The van der Waals surface area contributed by atoms with Gasteiger partial charge in [0.05, 0.1) is 5.57 Å². The first-order chi connectivity index (χ1) is 13.3. The van der Waals surface area contributed by atoms with Crippen LogP contribution in [0.15, 0.2) is 48.0 Å². The fourth-order valence-electron chi connectivity index (χ4n) is 3.24. The van der Waals surface area contributed by atoms with E-state index in [0.29, 0.717) is 16.2 Å². The van der Waals surface area contributed by atoms with Crippen LogP contribution < -0.4 is 0 Å². The van der Waals surface area contributed by atoms with Gasteiger partial charge in [0.25, 0.3) is 0 Å². The molecule has 0 unspecified atom stereocenters. The lowest BCUT2D eigenvalue weighted by Gasteiger charge is -2.16. The summed E-state index contributed by atoms with van der Waals surface area (Å²) in [6.07, 6.45) is 4.46. The molecule has 0 saturated heterocycles. The van der Waals surface area contributed by atoms with Crippen LogP contribution in [0, 0.1) is 11.3 Å². The average Bonchev–Trinajstić information content (AvgIpc) is 2.67. The number of phenolic OH excluding ortho intramolecular Hbond substituents is 1. The quantitative estimate of drug-likeness (QED) is 0.301. The van der Waals surface area contributed by atoms with E-state index in [2.05, 4.69) is 45.9 Å². The minimum Gasteiger partial charge on any atom is -0.507 e. The first-order valence-corrected chi connectivity index (χ1v) is 10.3. The zero-order valence-electron chi connectivity index (χ0n) is 17.2. The molecule has 3 heteroatoms. The highest BCUT2D eigenvalue weighted by atomic mass is 32.1. The zero-order chi connectivity index (χ0) is 20.7. The number of nitrogens with zero attached hydrogens (tertiary/aromatic N) is 1. The summed E-state index contributed by atoms with van der Waals surface area (Å²) in [4.78, 5) is 0.698. The first kappa shape index (κ1) is 21.9. The van der Waals surface area contributed by atoms with E-state index in [1.807, 2.05) is 36.4 Å². The van der Waals surface area contributed by atoms with Gasteiger partial charge in [0.15, 0.2) is 0 Å². The SMILES string of the molecule is CC(C)c1cc(/C=C(/C#N)C(=S)CCCc2ccccc2)cc(C(C)C)c1O. The predicted octanol–water partition coefficient (Wildman–Crippen LogP) is 6.94. The van der Waals surface area contributed by atoms with Crippen molar-refractivity contribution in [2.75, 3.05) is 0 Å². The van der Waals surface area contributed by atoms with Gasteiger partial charge in [0.1, 0.15) is 11.8 Å². The molecule has 0 aliphatic heterocycles. The highest BCUT2D eigenvalue weighted by Crippen LogP contribution is 2.35. The Labute approximate surface area is 174 Å². The van der Waals surface area contributed by atoms with E-state index < -0.39 is 0 Å². The van der Waals surface area contributed by atoms with Gasteiger partial charge >= 0.3 is 0 Å². The minimum absolute atomic E-state index is 0.203. The summed E-state index contributed by atoms with van der Waals surface area (Å²) >= 11 is 5.54. The molecule has 0 aliphatic carbocycles. The molecule has 0 saturated carbocycles. The van der Waals surface area contributed by atoms with Gasteiger partial charge in [-0.15, -0.1) is 0 Å². The topological polar surface area (TPSA) is 44.0 Å². The Morgan fingerprint density at radius 3 is 2.14 bits per heavy atom. The second kappa shape index (κ2) is 10.2. The summed E-state index contributed by atoms with van der Waals surface area (Å²) in [7, 11) is 0. The van der Waals surface area contributed by atoms with Gasteiger partial charge in [-0.2, -0.15) is 5.26 Å². The second-order valence-corrected chi connectivity index (χ2v) is 8.28. The van der Waals surface area contributed by atoms with Crippen LogP contribution in [0.2, 0.25) is 0 Å². The molecule has 0 atom stereocenters. The summed E-state index contributed by atoms with van der Waals surface area (Å²) in [5.74, 6) is 0.773. The standard InChI is InChI=1S/C25H29NOS/c1-17(2)22-14-20(15-23(18(3)4)25(22)27)13-21(16-26)24(28)12-8-11-19-9-6-5-7-10-19/h5-7,9-10,13-15,17-18,27H,8,11-12H2,1-4H3/b21-13-. The molecular formula is C25H29NOS. The van der Waals surface area contributed by atoms with Gasteiger partial charge in [-0.25, -0.2) is 0 Å². The van der Waals surface area contributed by atoms with E-state index >= 15 is 0 Å². The number of rotatable bonds is 8. The van der Waals surface area contributed by atoms with Gasteiger partial charge in [-0.05, 0) is 71.6 Å². The number of benzene rings is 2. The van der Waals surface area contributed by atoms with Crippen LogP contribution in [0.1, 0.15) is 74.6 Å². The molecular weight excluding hydrogens is 362 g/mol. The van der Waals surface area contributed by atoms with Crippen LogP contribution in [-0.4, -0.2) is 9.97 Å². The number of nitriles is 1. The number of phenols is 1. The van der Waals surface area contributed by atoms with E-state index in [9.17, 15) is 10.4 Å². The summed E-state index contributed by atoms with van der Waals surface area (Å²) < 4.78 is 0. The number of aryl methyl sites for hydroxylation is 1. The molecule has 28 heavy (non-hydrogen) atoms. The molecule has 1 N–H and O–H groups in total. The molecule has 2 nitrogen and oxygen atoms in total. The smallest absolute Gasteiger partial charge is 0.122 e. The summed E-state index contributed by atoms with van der Waals surface area (Å²) in [6, 6.07) is 16.5. The molecule has 0 radical (unpaired) electrons. The largest absolute Gasteiger partial charge is 0.507 e. The molecule has 0 amide bonds. The van der Waals surface area contributed by atoms with Gasteiger partial charge in [0, 0.05) is 4.86 Å². The third-order valence-electron chi connectivity index (χ3n) is 4.88. The van der Waals surface area contributed by atoms with Gasteiger partial charge in [0.2, 0.25) is 0 Å². The molecule has 146 valence electrons. The van der Waals surface area contributed by atoms with Crippen molar-refractivity contribution in [3.63, 3.8) is 0 Å². The number of aromatic hydroxyl groups is 1. The lowest BCUT2D eigenvalue weighted by molar-refractivity contribution is 0.454. The summed E-state index contributed by atoms with van der Waals surface area (Å²) in [6.45, 7) is 8.25. The Bertz CT molecular complexity index is 860. The molecule has 0 spiro atoms. The Morgan fingerprint density at radius 1 is 1.07 bits per heavy atom. The molecule has 0 heterocycles. The van der Waals surface area contributed by atoms with Crippen molar-refractivity contribution < 1.29 is 5.11 Å². The minimum atomic E-state index is 0.203. The van der Waals surface area contributed by atoms with Crippen LogP contribution in [0.5, 0.6) is 5.75 Å². The lowest BCUT2D eigenvalue weighted by atomic mass is 9.90. The Hall–Kier alpha value is -2.44. The van der Waals surface area contributed by atoms with E-state index in [1.165, 1.54) is 5.56 Å². The van der Waals surface area contributed by atoms with Crippen LogP contribution in [0.4, 0.5) is 0 Å². The Balaban J connectivity index is 2.21. The monoisotopic (exact) mass is 391 g/mol. The van der Waals surface area contributed by atoms with Crippen molar-refractivity contribution in [3.8, 4) is 11.8 Å². The van der Waals surface area contributed by atoms with Crippen molar-refractivity contribution in [3.05, 3.63) is 70.3 Å². The highest BCUT2D eigenvalue weighted by molar-refractivity contribution is 7.80. The van der Waals surface area contributed by atoms with Crippen LogP contribution in [0.25, 0.3) is 6.08 Å². The normalized spacial score (nSPS) is 11.7. The fourth-order valence-corrected chi connectivity index (χ4v) is 3.49. The van der Waals surface area contributed by atoms with Gasteiger partial charge < -0.3 is 5.11 Å². The van der Waals surface area contributed by atoms with E-state index in [-0.39, 0.29) is 11.8 Å². The highest BCUT2D eigenvalue weighted by Gasteiger charge is 2.15. The van der Waals surface area contributed by atoms with E-state index in [0.717, 1.165) is 36.0 Å². The molecule has 0 aliphatic rings. The number of hydrogen-bond acceptors (Lipinski definition) is 3. The molecule has 0 aromatic heterocycles. The van der Waals surface area contributed by atoms with Crippen molar-refractivity contribution in [2.24, 2.45) is 0 Å². The molecule has 2 aromatic carbocycles. The molecule has 2 rings (SSSR count). The average molecular weight is 392 g/mol. The van der Waals surface area contributed by atoms with Crippen molar-refractivity contribution >= 4 is 23.2 Å². The fraction of sp³-hybridized carbons (Fsp3) is 0.360. The Morgan fingerprint density at radius 2 is 1.64 bits per heavy atom.